The molecule has 116 valence electrons. The molecule has 2 heterocycles. The van der Waals surface area contributed by atoms with Crippen LogP contribution in [0.1, 0.15) is 0 Å². The molecule has 0 bridgehead atoms. The Hall–Kier alpha value is -2.25. The van der Waals surface area contributed by atoms with Crippen molar-refractivity contribution in [2.45, 2.75) is 0 Å². The maximum absolute atomic E-state index is 11.1. The van der Waals surface area contributed by atoms with Gasteiger partial charge in [-0.05, 0) is 6.07 Å². The topological polar surface area (TPSA) is 82.7 Å². The van der Waals surface area contributed by atoms with Crippen LogP contribution in [0.3, 0.4) is 0 Å². The summed E-state index contributed by atoms with van der Waals surface area (Å²) in [7, 11) is 0. The van der Waals surface area contributed by atoms with Gasteiger partial charge in [0.25, 0.3) is 5.69 Å². The van der Waals surface area contributed by atoms with Crippen LogP contribution in [0, 0.1) is 10.1 Å². The van der Waals surface area contributed by atoms with Crippen molar-refractivity contribution in [3.63, 3.8) is 0 Å². The van der Waals surface area contributed by atoms with Crippen molar-refractivity contribution >= 4 is 22.3 Å². The fourth-order valence-electron chi connectivity index (χ4n) is 2.86. The molecule has 7 nitrogen and oxygen atoms in total. The highest BCUT2D eigenvalue weighted by Gasteiger charge is 2.21. The average molecular weight is 302 g/mol. The van der Waals surface area contributed by atoms with Crippen LogP contribution >= 0.6 is 0 Å². The third-order valence-electron chi connectivity index (χ3n) is 4.01. The van der Waals surface area contributed by atoms with Gasteiger partial charge in [0.15, 0.2) is 0 Å². The van der Waals surface area contributed by atoms with Crippen LogP contribution in [0.2, 0.25) is 0 Å². The fraction of sp³-hybridized carbons (Fsp3) is 0.400. The first-order valence-electron chi connectivity index (χ1n) is 7.30. The van der Waals surface area contributed by atoms with Crippen molar-refractivity contribution in [2.24, 2.45) is 0 Å². The Bertz CT molecular complexity index is 684. The van der Waals surface area contributed by atoms with Crippen molar-refractivity contribution in [1.29, 1.82) is 0 Å². The minimum absolute atomic E-state index is 0.0910. The highest BCUT2D eigenvalue weighted by atomic mass is 16.6. The van der Waals surface area contributed by atoms with Gasteiger partial charge < -0.3 is 10.0 Å². The van der Waals surface area contributed by atoms with Gasteiger partial charge in [-0.25, -0.2) is 0 Å². The van der Waals surface area contributed by atoms with Crippen LogP contribution in [-0.2, 0) is 0 Å². The van der Waals surface area contributed by atoms with Crippen LogP contribution in [0.15, 0.2) is 30.5 Å². The number of hydrogen-bond donors (Lipinski definition) is 1. The van der Waals surface area contributed by atoms with E-state index in [4.69, 9.17) is 5.11 Å². The number of fused-ring (bicyclic) bond motifs is 1. The molecule has 1 aromatic heterocycles. The number of piperazine rings is 1. The van der Waals surface area contributed by atoms with Crippen molar-refractivity contribution in [3.05, 3.63) is 40.6 Å². The zero-order valence-corrected chi connectivity index (χ0v) is 12.2. The largest absolute Gasteiger partial charge is 0.395 e. The minimum atomic E-state index is -0.363. The van der Waals surface area contributed by atoms with Crippen LogP contribution in [0.25, 0.3) is 10.9 Å². The lowest BCUT2D eigenvalue weighted by atomic mass is 10.1. The summed E-state index contributed by atoms with van der Waals surface area (Å²) in [4.78, 5) is 19.5. The Kier molecular flexibility index (Phi) is 4.17. The summed E-state index contributed by atoms with van der Waals surface area (Å²) in [5.41, 5.74) is 1.70. The molecule has 0 saturated carbocycles. The summed E-state index contributed by atoms with van der Waals surface area (Å²) in [5, 5.41) is 20.9. The monoisotopic (exact) mass is 302 g/mol. The van der Waals surface area contributed by atoms with E-state index in [1.807, 2.05) is 6.07 Å². The summed E-state index contributed by atoms with van der Waals surface area (Å²) in [6, 6.07) is 6.81. The van der Waals surface area contributed by atoms with E-state index >= 15 is 0 Å². The Labute approximate surface area is 127 Å². The molecule has 7 heteroatoms. The second kappa shape index (κ2) is 6.25. The molecule has 1 fully saturated rings. The van der Waals surface area contributed by atoms with E-state index in [0.717, 1.165) is 42.8 Å². The second-order valence-electron chi connectivity index (χ2n) is 5.35. The van der Waals surface area contributed by atoms with E-state index in [9.17, 15) is 10.1 Å². The number of benzene rings is 1. The normalized spacial score (nSPS) is 16.1. The molecule has 0 unspecified atom stereocenters. The van der Waals surface area contributed by atoms with E-state index in [2.05, 4.69) is 14.8 Å². The van der Waals surface area contributed by atoms with Gasteiger partial charge in [0.1, 0.15) is 0 Å². The maximum atomic E-state index is 11.1. The number of non-ortho nitro benzene ring substituents is 1. The van der Waals surface area contributed by atoms with Gasteiger partial charge in [-0.3, -0.25) is 20.0 Å². The third kappa shape index (κ3) is 2.86. The van der Waals surface area contributed by atoms with Gasteiger partial charge in [-0.1, -0.05) is 6.07 Å². The number of aliphatic hydroxyl groups excluding tert-OH is 1. The number of nitro groups is 1. The van der Waals surface area contributed by atoms with Crippen LogP contribution in [0.5, 0.6) is 0 Å². The molecule has 1 aliphatic heterocycles. The van der Waals surface area contributed by atoms with Crippen molar-refractivity contribution < 1.29 is 10.0 Å². The number of rotatable bonds is 4. The number of aliphatic hydroxyl groups is 1. The first kappa shape index (κ1) is 14.7. The zero-order valence-electron chi connectivity index (χ0n) is 12.2. The number of nitrogens with zero attached hydrogens (tertiary/aromatic N) is 4. The number of pyridine rings is 1. The summed E-state index contributed by atoms with van der Waals surface area (Å²) >= 11 is 0. The number of anilines is 1. The van der Waals surface area contributed by atoms with Crippen LogP contribution in [0.4, 0.5) is 11.4 Å². The summed E-state index contributed by atoms with van der Waals surface area (Å²) < 4.78 is 0. The summed E-state index contributed by atoms with van der Waals surface area (Å²) in [6.07, 6.45) is 1.71. The highest BCUT2D eigenvalue weighted by Crippen LogP contribution is 2.31. The Balaban J connectivity index is 1.94. The molecule has 0 aliphatic carbocycles. The van der Waals surface area contributed by atoms with Gasteiger partial charge in [0, 0.05) is 56.4 Å². The molecule has 0 amide bonds. The fourth-order valence-corrected chi connectivity index (χ4v) is 2.86. The smallest absolute Gasteiger partial charge is 0.272 e. The van der Waals surface area contributed by atoms with E-state index in [0.29, 0.717) is 6.54 Å². The van der Waals surface area contributed by atoms with E-state index in [-0.39, 0.29) is 17.2 Å². The third-order valence-corrected chi connectivity index (χ3v) is 4.01. The van der Waals surface area contributed by atoms with Gasteiger partial charge >= 0.3 is 0 Å². The van der Waals surface area contributed by atoms with E-state index < -0.39 is 0 Å². The molecular weight excluding hydrogens is 284 g/mol. The SMILES string of the molecule is O=[N+]([O-])c1cc(N2CCN(CCO)CC2)c2ncccc2c1. The first-order valence-corrected chi connectivity index (χ1v) is 7.30. The molecule has 0 radical (unpaired) electrons. The number of nitro benzene ring substituents is 1. The molecule has 1 saturated heterocycles. The lowest BCUT2D eigenvalue weighted by Crippen LogP contribution is -2.47. The summed E-state index contributed by atoms with van der Waals surface area (Å²) in [6.45, 7) is 4.03. The molecule has 1 aromatic carbocycles. The van der Waals surface area contributed by atoms with Crippen LogP contribution < -0.4 is 4.90 Å². The number of hydrogen-bond acceptors (Lipinski definition) is 6. The number of aromatic nitrogens is 1. The van der Waals surface area contributed by atoms with Crippen molar-refractivity contribution in [1.82, 2.24) is 9.88 Å². The second-order valence-corrected chi connectivity index (χ2v) is 5.35. The van der Waals surface area contributed by atoms with Gasteiger partial charge in [0.05, 0.1) is 22.7 Å². The lowest BCUT2D eigenvalue weighted by molar-refractivity contribution is -0.384. The minimum Gasteiger partial charge on any atom is -0.395 e. The number of β-amino-alcohol motifs (C(OH)–C–C–N with tert-alkyl or cyclic N) is 1. The molecule has 0 atom stereocenters. The Morgan fingerprint density at radius 1 is 1.27 bits per heavy atom. The predicted molar refractivity (Wildman–Crippen MR) is 84.1 cm³/mol. The van der Waals surface area contributed by atoms with Gasteiger partial charge in [-0.2, -0.15) is 0 Å². The zero-order chi connectivity index (χ0) is 15.5. The molecule has 2 aromatic rings. The lowest BCUT2D eigenvalue weighted by Gasteiger charge is -2.35. The van der Waals surface area contributed by atoms with Crippen molar-refractivity contribution in [3.8, 4) is 0 Å². The molecule has 1 N–H and O–H groups in total. The van der Waals surface area contributed by atoms with Crippen LogP contribution in [-0.4, -0.2) is 59.2 Å². The van der Waals surface area contributed by atoms with Gasteiger partial charge in [0.2, 0.25) is 0 Å². The average Bonchev–Trinajstić information content (AvgIpc) is 2.55. The van der Waals surface area contributed by atoms with E-state index in [1.54, 1.807) is 24.4 Å². The predicted octanol–water partition coefficient (Wildman–Crippen LogP) is 1.26. The Morgan fingerprint density at radius 2 is 2.05 bits per heavy atom. The molecule has 3 rings (SSSR count). The molecular formula is C15H18N4O3. The molecule has 1 aliphatic rings. The Morgan fingerprint density at radius 3 is 2.73 bits per heavy atom. The van der Waals surface area contributed by atoms with Gasteiger partial charge in [-0.15, -0.1) is 0 Å². The maximum Gasteiger partial charge on any atom is 0.272 e. The standard InChI is InChI=1S/C15H18N4O3/c20-9-8-17-4-6-18(7-5-17)14-11-13(19(21)22)10-12-2-1-3-16-15(12)14/h1-3,10-11,20H,4-9H2. The van der Waals surface area contributed by atoms with Crippen molar-refractivity contribution in [2.75, 3.05) is 44.2 Å². The van der Waals surface area contributed by atoms with E-state index in [1.165, 1.54) is 0 Å². The quantitative estimate of drug-likeness (QED) is 0.676. The summed E-state index contributed by atoms with van der Waals surface area (Å²) in [5.74, 6) is 0. The highest BCUT2D eigenvalue weighted by molar-refractivity contribution is 5.93. The molecule has 0 spiro atoms. The first-order chi connectivity index (χ1) is 10.7. The molecule has 22 heavy (non-hydrogen) atoms.